The number of para-hydroxylation sites is 1. The van der Waals surface area contributed by atoms with Crippen molar-refractivity contribution in [2.24, 2.45) is 7.05 Å². The number of thiazole rings is 1. The fourth-order valence-electron chi connectivity index (χ4n) is 2.27. The Bertz CT molecular complexity index is 932. The molecule has 27 heavy (non-hydrogen) atoms. The fraction of sp³-hybridized carbons (Fsp3) is 0.333. The molecule has 0 unspecified atom stereocenters. The fourth-order valence-corrected chi connectivity index (χ4v) is 3.83. The maximum absolute atomic E-state index is 12.1. The highest BCUT2D eigenvalue weighted by atomic mass is 32.2. The van der Waals surface area contributed by atoms with Crippen molar-refractivity contribution >= 4 is 34.1 Å². The molecule has 0 bridgehead atoms. The summed E-state index contributed by atoms with van der Waals surface area (Å²) in [4.78, 5) is 17.5. The third kappa shape index (κ3) is 4.86. The number of nitrogens with zero attached hydrogens (tertiary/aromatic N) is 4. The minimum absolute atomic E-state index is 0.116. The van der Waals surface area contributed by atoms with Crippen LogP contribution in [0.5, 0.6) is 5.75 Å². The van der Waals surface area contributed by atoms with Crippen molar-refractivity contribution in [3.8, 4) is 5.75 Å². The Morgan fingerprint density at radius 1 is 1.26 bits per heavy atom. The molecule has 0 aliphatic rings. The maximum atomic E-state index is 12.1. The van der Waals surface area contributed by atoms with Gasteiger partial charge < -0.3 is 14.6 Å². The molecule has 2 heterocycles. The Morgan fingerprint density at radius 2 is 2.04 bits per heavy atom. The summed E-state index contributed by atoms with van der Waals surface area (Å²) >= 11 is 2.80. The number of carbonyl (C=O) groups excluding carboxylic acids is 1. The lowest BCUT2D eigenvalue weighted by molar-refractivity contribution is -0.113. The molecule has 0 saturated heterocycles. The van der Waals surface area contributed by atoms with Gasteiger partial charge in [-0.05, 0) is 32.4 Å². The lowest BCUT2D eigenvalue weighted by atomic mass is 10.2. The van der Waals surface area contributed by atoms with Crippen LogP contribution in [-0.4, -0.2) is 31.4 Å². The van der Waals surface area contributed by atoms with E-state index in [0.29, 0.717) is 22.7 Å². The highest BCUT2D eigenvalue weighted by molar-refractivity contribution is 7.99. The Labute approximate surface area is 166 Å². The first-order valence-electron chi connectivity index (χ1n) is 8.37. The van der Waals surface area contributed by atoms with Crippen molar-refractivity contribution in [1.29, 1.82) is 0 Å². The van der Waals surface area contributed by atoms with Gasteiger partial charge in [0.15, 0.2) is 16.1 Å². The molecule has 0 atom stereocenters. The second kappa shape index (κ2) is 8.53. The van der Waals surface area contributed by atoms with Gasteiger partial charge in [-0.15, -0.1) is 21.5 Å². The Morgan fingerprint density at radius 3 is 2.74 bits per heavy atom. The molecule has 1 aromatic carbocycles. The van der Waals surface area contributed by atoms with Gasteiger partial charge in [0.05, 0.1) is 11.4 Å². The van der Waals surface area contributed by atoms with Gasteiger partial charge in [0, 0.05) is 11.9 Å². The molecule has 9 heteroatoms. The van der Waals surface area contributed by atoms with Gasteiger partial charge in [0.25, 0.3) is 0 Å². The molecule has 3 rings (SSSR count). The number of nitrogens with one attached hydrogen (secondary N) is 1. The summed E-state index contributed by atoms with van der Waals surface area (Å²) in [6.45, 7) is 6.23. The van der Waals surface area contributed by atoms with Gasteiger partial charge in [-0.2, -0.15) is 0 Å². The number of amides is 1. The van der Waals surface area contributed by atoms with E-state index in [9.17, 15) is 4.79 Å². The zero-order valence-electron chi connectivity index (χ0n) is 15.6. The monoisotopic (exact) mass is 403 g/mol. The number of aryl methyl sites for hydroxylation is 3. The standard InChI is InChI=1S/C18H21N5O2S2/c1-11-7-5-6-8-14(11)25-9-15-21-22-18(23(15)4)26-10-16(24)20-17-19-12(2)13(3)27-17/h5-8H,9-10H2,1-4H3,(H,19,20,24). The van der Waals surface area contributed by atoms with Crippen LogP contribution in [0.3, 0.4) is 0 Å². The Balaban J connectivity index is 1.54. The molecule has 0 spiro atoms. The number of anilines is 1. The average Bonchev–Trinajstić information content (AvgIpc) is 3.14. The molecular weight excluding hydrogens is 382 g/mol. The van der Waals surface area contributed by atoms with Gasteiger partial charge >= 0.3 is 0 Å². The van der Waals surface area contributed by atoms with E-state index in [1.54, 1.807) is 0 Å². The topological polar surface area (TPSA) is 81.9 Å². The van der Waals surface area contributed by atoms with Crippen LogP contribution in [-0.2, 0) is 18.4 Å². The predicted molar refractivity (Wildman–Crippen MR) is 107 cm³/mol. The van der Waals surface area contributed by atoms with Crippen LogP contribution in [0.2, 0.25) is 0 Å². The molecule has 142 valence electrons. The highest BCUT2D eigenvalue weighted by Gasteiger charge is 2.13. The summed E-state index contributed by atoms with van der Waals surface area (Å²) in [5, 5.41) is 12.4. The van der Waals surface area contributed by atoms with Gasteiger partial charge in [0.1, 0.15) is 12.4 Å². The van der Waals surface area contributed by atoms with E-state index in [-0.39, 0.29) is 11.7 Å². The second-order valence-corrected chi connectivity index (χ2v) is 8.16. The molecule has 1 N–H and O–H groups in total. The lowest BCUT2D eigenvalue weighted by Crippen LogP contribution is -2.14. The summed E-state index contributed by atoms with van der Waals surface area (Å²) in [5.74, 6) is 1.65. The first kappa shape index (κ1) is 19.4. The highest BCUT2D eigenvalue weighted by Crippen LogP contribution is 2.22. The summed E-state index contributed by atoms with van der Waals surface area (Å²) in [5.41, 5.74) is 2.01. The van der Waals surface area contributed by atoms with E-state index in [0.717, 1.165) is 21.9 Å². The number of benzene rings is 1. The van der Waals surface area contributed by atoms with Gasteiger partial charge in [-0.1, -0.05) is 30.0 Å². The van der Waals surface area contributed by atoms with Crippen LogP contribution >= 0.6 is 23.1 Å². The van der Waals surface area contributed by atoms with E-state index in [1.807, 2.05) is 56.7 Å². The first-order chi connectivity index (χ1) is 12.9. The smallest absolute Gasteiger partial charge is 0.236 e. The van der Waals surface area contributed by atoms with Crippen molar-refractivity contribution in [3.63, 3.8) is 0 Å². The largest absolute Gasteiger partial charge is 0.485 e. The van der Waals surface area contributed by atoms with E-state index >= 15 is 0 Å². The van der Waals surface area contributed by atoms with E-state index < -0.39 is 0 Å². The number of ether oxygens (including phenoxy) is 1. The Kier molecular flexibility index (Phi) is 6.12. The second-order valence-electron chi connectivity index (χ2n) is 6.01. The van der Waals surface area contributed by atoms with Crippen LogP contribution < -0.4 is 10.1 Å². The minimum atomic E-state index is -0.116. The summed E-state index contributed by atoms with van der Waals surface area (Å²) in [6.07, 6.45) is 0. The summed E-state index contributed by atoms with van der Waals surface area (Å²) in [7, 11) is 1.87. The van der Waals surface area contributed by atoms with E-state index in [4.69, 9.17) is 4.74 Å². The van der Waals surface area contributed by atoms with Gasteiger partial charge in [0.2, 0.25) is 5.91 Å². The van der Waals surface area contributed by atoms with Crippen molar-refractivity contribution in [1.82, 2.24) is 19.7 Å². The number of rotatable bonds is 7. The first-order valence-corrected chi connectivity index (χ1v) is 10.2. The number of thioether (sulfide) groups is 1. The number of hydrogen-bond donors (Lipinski definition) is 1. The minimum Gasteiger partial charge on any atom is -0.485 e. The number of hydrogen-bond acceptors (Lipinski definition) is 7. The number of carbonyl (C=O) groups is 1. The van der Waals surface area contributed by atoms with Crippen LogP contribution in [0.15, 0.2) is 29.4 Å². The molecule has 0 aliphatic carbocycles. The van der Waals surface area contributed by atoms with Crippen molar-refractivity contribution in [2.75, 3.05) is 11.1 Å². The lowest BCUT2D eigenvalue weighted by Gasteiger charge is -2.08. The number of aromatic nitrogens is 4. The van der Waals surface area contributed by atoms with Crippen molar-refractivity contribution < 1.29 is 9.53 Å². The van der Waals surface area contributed by atoms with E-state index in [2.05, 4.69) is 20.5 Å². The normalized spacial score (nSPS) is 10.8. The molecule has 7 nitrogen and oxygen atoms in total. The molecule has 1 amide bonds. The third-order valence-corrected chi connectivity index (χ3v) is 5.99. The molecule has 0 radical (unpaired) electrons. The van der Waals surface area contributed by atoms with Crippen LogP contribution in [0.4, 0.5) is 5.13 Å². The predicted octanol–water partition coefficient (Wildman–Crippen LogP) is 3.51. The molecule has 0 fully saturated rings. The van der Waals surface area contributed by atoms with Crippen LogP contribution in [0, 0.1) is 20.8 Å². The average molecular weight is 404 g/mol. The van der Waals surface area contributed by atoms with Gasteiger partial charge in [-0.3, -0.25) is 4.79 Å². The van der Waals surface area contributed by atoms with Crippen LogP contribution in [0.25, 0.3) is 0 Å². The van der Waals surface area contributed by atoms with Gasteiger partial charge in [-0.25, -0.2) is 4.98 Å². The van der Waals surface area contributed by atoms with Crippen LogP contribution in [0.1, 0.15) is 22.0 Å². The zero-order valence-corrected chi connectivity index (χ0v) is 17.3. The molecule has 0 saturated carbocycles. The molecule has 2 aromatic heterocycles. The molecular formula is C18H21N5O2S2. The molecule has 3 aromatic rings. The maximum Gasteiger partial charge on any atom is 0.236 e. The molecule has 0 aliphatic heterocycles. The van der Waals surface area contributed by atoms with Crippen molar-refractivity contribution in [2.45, 2.75) is 32.5 Å². The summed E-state index contributed by atoms with van der Waals surface area (Å²) in [6, 6.07) is 7.83. The quantitative estimate of drug-likeness (QED) is 0.608. The van der Waals surface area contributed by atoms with Crippen molar-refractivity contribution in [3.05, 3.63) is 46.2 Å². The summed E-state index contributed by atoms with van der Waals surface area (Å²) < 4.78 is 7.66. The third-order valence-electron chi connectivity index (χ3n) is 3.98. The van der Waals surface area contributed by atoms with E-state index in [1.165, 1.54) is 23.1 Å². The SMILES string of the molecule is Cc1ccccc1OCc1nnc(SCC(=O)Nc2nc(C)c(C)s2)n1C. The zero-order chi connectivity index (χ0) is 19.4. The Hall–Kier alpha value is -2.39.